The van der Waals surface area contributed by atoms with Gasteiger partial charge in [0.2, 0.25) is 0 Å². The van der Waals surface area contributed by atoms with E-state index in [9.17, 15) is 0 Å². The minimum absolute atomic E-state index is 0.0132. The largest absolute Gasteiger partial charge is 0.351 e. The summed E-state index contributed by atoms with van der Waals surface area (Å²) < 4.78 is 5.32. The molecule has 2 heterocycles. The lowest BCUT2D eigenvalue weighted by molar-refractivity contribution is 0.334. The molecule has 1 aliphatic rings. The van der Waals surface area contributed by atoms with Crippen molar-refractivity contribution in [1.29, 1.82) is 0 Å². The zero-order valence-corrected chi connectivity index (χ0v) is 8.47. The van der Waals surface area contributed by atoms with Crippen LogP contribution in [0.25, 0.3) is 0 Å². The fourth-order valence-corrected chi connectivity index (χ4v) is 2.25. The first-order valence-electron chi connectivity index (χ1n) is 4.26. The van der Waals surface area contributed by atoms with Gasteiger partial charge in [-0.25, -0.2) is 10.4 Å². The van der Waals surface area contributed by atoms with E-state index in [-0.39, 0.29) is 12.3 Å². The molecule has 0 bridgehead atoms. The quantitative estimate of drug-likeness (QED) is 0.428. The van der Waals surface area contributed by atoms with E-state index >= 15 is 0 Å². The highest BCUT2D eigenvalue weighted by molar-refractivity contribution is 7.09. The maximum atomic E-state index is 5.32. The number of nitrogens with one attached hydrogen (secondary N) is 1. The fourth-order valence-electron chi connectivity index (χ4n) is 1.36. The number of nitrogens with two attached hydrogens (primary N) is 1. The molecule has 0 saturated carbocycles. The molecule has 0 aromatic carbocycles. The number of nitrogens with zero attached hydrogens (tertiary/aromatic N) is 1. The molecule has 2 rings (SSSR count). The van der Waals surface area contributed by atoms with Gasteiger partial charge >= 0.3 is 0 Å². The highest BCUT2D eigenvalue weighted by atomic mass is 32.1. The first kappa shape index (κ1) is 9.08. The SMILES string of the molecule is Cc1csc(C(C)C2OC2NN)n1. The van der Waals surface area contributed by atoms with Gasteiger partial charge in [0.15, 0.2) is 0 Å². The molecule has 3 unspecified atom stereocenters. The fraction of sp³-hybridized carbons (Fsp3) is 0.625. The highest BCUT2D eigenvalue weighted by Crippen LogP contribution is 2.35. The van der Waals surface area contributed by atoms with Gasteiger partial charge in [0.25, 0.3) is 0 Å². The lowest BCUT2D eigenvalue weighted by Gasteiger charge is -2.02. The number of epoxide rings is 1. The highest BCUT2D eigenvalue weighted by Gasteiger charge is 2.43. The average molecular weight is 199 g/mol. The molecule has 3 atom stereocenters. The second-order valence-corrected chi connectivity index (χ2v) is 4.19. The van der Waals surface area contributed by atoms with Crippen molar-refractivity contribution in [1.82, 2.24) is 10.4 Å². The van der Waals surface area contributed by atoms with Crippen molar-refractivity contribution < 1.29 is 4.74 Å². The van der Waals surface area contributed by atoms with Crippen LogP contribution in [0.4, 0.5) is 0 Å². The zero-order valence-electron chi connectivity index (χ0n) is 7.65. The number of hydrogen-bond acceptors (Lipinski definition) is 5. The van der Waals surface area contributed by atoms with E-state index < -0.39 is 0 Å². The normalized spacial score (nSPS) is 28.8. The van der Waals surface area contributed by atoms with Gasteiger partial charge < -0.3 is 4.74 Å². The molecule has 1 fully saturated rings. The molecule has 3 N–H and O–H groups in total. The van der Waals surface area contributed by atoms with Crippen LogP contribution in [0.15, 0.2) is 5.38 Å². The van der Waals surface area contributed by atoms with Crippen LogP contribution in [-0.2, 0) is 4.74 Å². The van der Waals surface area contributed by atoms with Gasteiger partial charge in [0.05, 0.1) is 5.01 Å². The Hall–Kier alpha value is -0.490. The molecular formula is C8H13N3OS. The first-order valence-corrected chi connectivity index (χ1v) is 5.14. The number of ether oxygens (including phenoxy) is 1. The molecule has 0 radical (unpaired) electrons. The van der Waals surface area contributed by atoms with Crippen LogP contribution in [-0.4, -0.2) is 17.3 Å². The van der Waals surface area contributed by atoms with Crippen LogP contribution >= 0.6 is 11.3 Å². The molecule has 1 aromatic rings. The van der Waals surface area contributed by atoms with Crippen molar-refractivity contribution in [3.63, 3.8) is 0 Å². The predicted octanol–water partition coefficient (Wildman–Crippen LogP) is 0.743. The third-order valence-corrected chi connectivity index (χ3v) is 3.37. The van der Waals surface area contributed by atoms with E-state index in [1.165, 1.54) is 0 Å². The number of aromatic nitrogens is 1. The van der Waals surface area contributed by atoms with Crippen LogP contribution in [0, 0.1) is 6.92 Å². The number of hydrazine groups is 1. The van der Waals surface area contributed by atoms with Gasteiger partial charge in [0, 0.05) is 17.0 Å². The third-order valence-electron chi connectivity index (χ3n) is 2.21. The Morgan fingerprint density at radius 3 is 3.00 bits per heavy atom. The number of hydrogen-bond donors (Lipinski definition) is 2. The van der Waals surface area contributed by atoms with Gasteiger partial charge in [-0.15, -0.1) is 11.3 Å². The summed E-state index contributed by atoms with van der Waals surface area (Å²) in [7, 11) is 0. The molecule has 1 aliphatic heterocycles. The van der Waals surface area contributed by atoms with Crippen molar-refractivity contribution in [2.24, 2.45) is 5.84 Å². The number of rotatable bonds is 3. The Morgan fingerprint density at radius 2 is 2.54 bits per heavy atom. The standard InChI is InChI=1S/C8H13N3OS/c1-4-3-13-8(10-4)5(2)6-7(11-9)12-6/h3,5-7,11H,9H2,1-2H3. The monoisotopic (exact) mass is 199 g/mol. The summed E-state index contributed by atoms with van der Waals surface area (Å²) in [5.41, 5.74) is 3.67. The van der Waals surface area contributed by atoms with E-state index in [1.807, 2.05) is 6.92 Å². The summed E-state index contributed by atoms with van der Waals surface area (Å²) in [5, 5.41) is 3.18. The minimum atomic E-state index is 0.0132. The lowest BCUT2D eigenvalue weighted by Crippen LogP contribution is -2.28. The van der Waals surface area contributed by atoms with E-state index in [0.29, 0.717) is 5.92 Å². The second kappa shape index (κ2) is 3.34. The Balaban J connectivity index is 2.02. The molecule has 0 amide bonds. The summed E-state index contributed by atoms with van der Waals surface area (Å²) >= 11 is 1.68. The van der Waals surface area contributed by atoms with Crippen LogP contribution in [0.1, 0.15) is 23.5 Å². The smallest absolute Gasteiger partial charge is 0.147 e. The summed E-state index contributed by atoms with van der Waals surface area (Å²) in [4.78, 5) is 4.41. The van der Waals surface area contributed by atoms with Gasteiger partial charge in [-0.3, -0.25) is 5.84 Å². The van der Waals surface area contributed by atoms with E-state index in [2.05, 4.69) is 22.7 Å². The molecule has 13 heavy (non-hydrogen) atoms. The third kappa shape index (κ3) is 1.73. The summed E-state index contributed by atoms with van der Waals surface area (Å²) in [6, 6.07) is 0. The zero-order chi connectivity index (χ0) is 9.42. The molecule has 0 spiro atoms. The average Bonchev–Trinajstić information content (AvgIpc) is 2.80. The van der Waals surface area contributed by atoms with Gasteiger partial charge in [-0.05, 0) is 6.92 Å². The lowest BCUT2D eigenvalue weighted by atomic mass is 10.1. The molecule has 72 valence electrons. The van der Waals surface area contributed by atoms with Crippen molar-refractivity contribution in [3.05, 3.63) is 16.1 Å². The van der Waals surface area contributed by atoms with E-state index in [0.717, 1.165) is 10.7 Å². The Bertz CT molecular complexity index is 301. The van der Waals surface area contributed by atoms with Crippen LogP contribution in [0.3, 0.4) is 0 Å². The Labute approximate surface area is 81.1 Å². The molecule has 5 heteroatoms. The summed E-state index contributed by atoms with van der Waals surface area (Å²) in [5.74, 6) is 5.59. The summed E-state index contributed by atoms with van der Waals surface area (Å²) in [6.07, 6.45) is 0.203. The van der Waals surface area contributed by atoms with E-state index in [1.54, 1.807) is 11.3 Å². The van der Waals surface area contributed by atoms with Gasteiger partial charge in [0.1, 0.15) is 12.3 Å². The first-order chi connectivity index (χ1) is 6.22. The van der Waals surface area contributed by atoms with Gasteiger partial charge in [-0.2, -0.15) is 0 Å². The molecule has 1 saturated heterocycles. The molecule has 1 aromatic heterocycles. The van der Waals surface area contributed by atoms with Crippen LogP contribution < -0.4 is 11.3 Å². The Kier molecular flexibility index (Phi) is 2.33. The van der Waals surface area contributed by atoms with Crippen molar-refractivity contribution in [2.45, 2.75) is 32.1 Å². The van der Waals surface area contributed by atoms with Crippen molar-refractivity contribution in [3.8, 4) is 0 Å². The van der Waals surface area contributed by atoms with Crippen LogP contribution in [0.5, 0.6) is 0 Å². The maximum absolute atomic E-state index is 5.32. The van der Waals surface area contributed by atoms with Crippen molar-refractivity contribution >= 4 is 11.3 Å². The van der Waals surface area contributed by atoms with Crippen molar-refractivity contribution in [2.75, 3.05) is 0 Å². The molecular weight excluding hydrogens is 186 g/mol. The van der Waals surface area contributed by atoms with Gasteiger partial charge in [-0.1, -0.05) is 6.92 Å². The van der Waals surface area contributed by atoms with Crippen LogP contribution in [0.2, 0.25) is 0 Å². The minimum Gasteiger partial charge on any atom is -0.351 e. The summed E-state index contributed by atoms with van der Waals surface area (Å²) in [6.45, 7) is 4.11. The maximum Gasteiger partial charge on any atom is 0.147 e. The second-order valence-electron chi connectivity index (χ2n) is 3.30. The number of aryl methyl sites for hydroxylation is 1. The van der Waals surface area contributed by atoms with E-state index in [4.69, 9.17) is 10.6 Å². The Morgan fingerprint density at radius 1 is 1.77 bits per heavy atom. The number of thiazole rings is 1. The molecule has 4 nitrogen and oxygen atoms in total. The predicted molar refractivity (Wildman–Crippen MR) is 51.3 cm³/mol. The topological polar surface area (TPSA) is 63.5 Å². The molecule has 0 aliphatic carbocycles.